The number of nitrogens with zero attached hydrogens (tertiary/aromatic N) is 2. The first kappa shape index (κ1) is 21.1. The highest BCUT2D eigenvalue weighted by Crippen LogP contribution is 2.28. The number of ether oxygens (including phenoxy) is 2. The fraction of sp³-hybridized carbons (Fsp3) is 0.200. The van der Waals surface area contributed by atoms with Crippen LogP contribution in [0.5, 0.6) is 11.5 Å². The van der Waals surface area contributed by atoms with Crippen molar-refractivity contribution in [3.8, 4) is 11.5 Å². The van der Waals surface area contributed by atoms with Crippen molar-refractivity contribution in [1.82, 2.24) is 4.98 Å². The van der Waals surface area contributed by atoms with Crippen LogP contribution in [0.25, 0.3) is 5.57 Å². The van der Waals surface area contributed by atoms with Gasteiger partial charge in [0.05, 0.1) is 14.2 Å². The molecule has 3 rings (SSSR count). The number of pyridine rings is 1. The van der Waals surface area contributed by atoms with E-state index in [9.17, 15) is 4.79 Å². The predicted molar refractivity (Wildman–Crippen MR) is 120 cm³/mol. The van der Waals surface area contributed by atoms with E-state index in [1.54, 1.807) is 37.6 Å². The normalized spacial score (nSPS) is 10.4. The fourth-order valence-corrected chi connectivity index (χ4v) is 3.25. The second-order valence-electron chi connectivity index (χ2n) is 7.02. The van der Waals surface area contributed by atoms with Gasteiger partial charge in [0.2, 0.25) is 0 Å². The van der Waals surface area contributed by atoms with Crippen molar-refractivity contribution in [1.29, 1.82) is 0 Å². The van der Waals surface area contributed by atoms with Gasteiger partial charge in [-0.05, 0) is 66.9 Å². The van der Waals surface area contributed by atoms with Crippen LogP contribution in [0.1, 0.15) is 25.0 Å². The molecule has 154 valence electrons. The first-order chi connectivity index (χ1) is 14.5. The Bertz CT molecular complexity index is 945. The van der Waals surface area contributed by atoms with Gasteiger partial charge in [0.1, 0.15) is 11.5 Å². The van der Waals surface area contributed by atoms with Gasteiger partial charge in [-0.15, -0.1) is 0 Å². The minimum atomic E-state index is -0.0992. The molecule has 0 aliphatic carbocycles. The smallest absolute Gasteiger partial charge is 0.251 e. The maximum absolute atomic E-state index is 13.4. The summed E-state index contributed by atoms with van der Waals surface area (Å²) in [6, 6.07) is 19.0. The van der Waals surface area contributed by atoms with Crippen molar-refractivity contribution in [2.24, 2.45) is 0 Å². The van der Waals surface area contributed by atoms with E-state index in [2.05, 4.69) is 4.98 Å². The Labute approximate surface area is 177 Å². The Balaban J connectivity index is 2.07. The number of methoxy groups -OCH3 is 2. The number of rotatable bonds is 7. The van der Waals surface area contributed by atoms with Crippen molar-refractivity contribution >= 4 is 17.2 Å². The summed E-state index contributed by atoms with van der Waals surface area (Å²) in [4.78, 5) is 19.2. The SMILES string of the molecule is COc1ccc(C(=CC(=O)N(c2ccncc2)C(C)C)c2ccc(OC)cc2)cc1. The van der Waals surface area contributed by atoms with E-state index >= 15 is 0 Å². The lowest BCUT2D eigenvalue weighted by molar-refractivity contribution is -0.114. The van der Waals surface area contributed by atoms with Gasteiger partial charge in [0, 0.05) is 30.2 Å². The molecule has 2 aromatic carbocycles. The lowest BCUT2D eigenvalue weighted by Gasteiger charge is -2.26. The highest BCUT2D eigenvalue weighted by molar-refractivity contribution is 6.08. The Morgan fingerprint density at radius 3 is 1.70 bits per heavy atom. The number of hydrogen-bond acceptors (Lipinski definition) is 4. The number of benzene rings is 2. The van der Waals surface area contributed by atoms with E-state index in [1.165, 1.54) is 0 Å². The van der Waals surface area contributed by atoms with Crippen molar-refractivity contribution in [2.75, 3.05) is 19.1 Å². The van der Waals surface area contributed by atoms with E-state index in [0.717, 1.165) is 33.9 Å². The lowest BCUT2D eigenvalue weighted by atomic mass is 9.97. The van der Waals surface area contributed by atoms with E-state index in [-0.39, 0.29) is 11.9 Å². The van der Waals surface area contributed by atoms with Gasteiger partial charge in [0.15, 0.2) is 0 Å². The molecule has 0 N–H and O–H groups in total. The number of hydrogen-bond donors (Lipinski definition) is 0. The molecule has 3 aromatic rings. The summed E-state index contributed by atoms with van der Waals surface area (Å²) in [5, 5.41) is 0. The molecule has 0 spiro atoms. The lowest BCUT2D eigenvalue weighted by Crippen LogP contribution is -2.36. The third kappa shape index (κ3) is 4.87. The third-order valence-electron chi connectivity index (χ3n) is 4.76. The number of carbonyl (C=O) groups is 1. The maximum atomic E-state index is 13.4. The molecule has 0 unspecified atom stereocenters. The molecule has 0 aliphatic heterocycles. The molecule has 5 heteroatoms. The number of carbonyl (C=O) groups excluding carboxylic acids is 1. The summed E-state index contributed by atoms with van der Waals surface area (Å²) >= 11 is 0. The number of amides is 1. The Morgan fingerprint density at radius 2 is 1.30 bits per heavy atom. The topological polar surface area (TPSA) is 51.7 Å². The van der Waals surface area contributed by atoms with Crippen LogP contribution in [0.4, 0.5) is 5.69 Å². The van der Waals surface area contributed by atoms with Crippen molar-refractivity contribution in [2.45, 2.75) is 19.9 Å². The molecule has 0 bridgehead atoms. The van der Waals surface area contributed by atoms with Crippen LogP contribution in [-0.2, 0) is 4.79 Å². The van der Waals surface area contributed by atoms with E-state index in [0.29, 0.717) is 0 Å². The molecule has 1 aromatic heterocycles. The predicted octanol–water partition coefficient (Wildman–Crippen LogP) is 4.97. The molecule has 0 saturated carbocycles. The number of aromatic nitrogens is 1. The maximum Gasteiger partial charge on any atom is 0.251 e. The minimum Gasteiger partial charge on any atom is -0.497 e. The number of anilines is 1. The molecular weight excluding hydrogens is 376 g/mol. The first-order valence-corrected chi connectivity index (χ1v) is 9.77. The molecule has 30 heavy (non-hydrogen) atoms. The summed E-state index contributed by atoms with van der Waals surface area (Å²) < 4.78 is 10.6. The zero-order chi connectivity index (χ0) is 21.5. The zero-order valence-electron chi connectivity index (χ0n) is 17.7. The molecule has 0 saturated heterocycles. The highest BCUT2D eigenvalue weighted by Gasteiger charge is 2.19. The van der Waals surface area contributed by atoms with Gasteiger partial charge in [-0.1, -0.05) is 24.3 Å². The molecule has 0 atom stereocenters. The van der Waals surface area contributed by atoms with E-state index in [1.807, 2.05) is 74.5 Å². The van der Waals surface area contributed by atoms with Gasteiger partial charge in [-0.2, -0.15) is 0 Å². The molecular formula is C25H26N2O3. The van der Waals surface area contributed by atoms with Crippen molar-refractivity contribution < 1.29 is 14.3 Å². The van der Waals surface area contributed by atoms with Crippen LogP contribution in [0.3, 0.4) is 0 Å². The average molecular weight is 402 g/mol. The summed E-state index contributed by atoms with van der Waals surface area (Å²) in [5.74, 6) is 1.43. The summed E-state index contributed by atoms with van der Waals surface area (Å²) in [6.07, 6.45) is 5.06. The average Bonchev–Trinajstić information content (AvgIpc) is 2.78. The monoisotopic (exact) mass is 402 g/mol. The van der Waals surface area contributed by atoms with Crippen molar-refractivity contribution in [3.63, 3.8) is 0 Å². The molecule has 0 radical (unpaired) electrons. The van der Waals surface area contributed by atoms with Gasteiger partial charge in [-0.25, -0.2) is 0 Å². The summed E-state index contributed by atoms with van der Waals surface area (Å²) in [6.45, 7) is 3.99. The molecule has 1 heterocycles. The standard InChI is InChI=1S/C25H26N2O3/c1-18(2)27(21-13-15-26-16-14-21)25(28)17-24(19-5-9-22(29-3)10-6-19)20-7-11-23(30-4)12-8-20/h5-18H,1-4H3. The van der Waals surface area contributed by atoms with Crippen LogP contribution in [0.2, 0.25) is 0 Å². The highest BCUT2D eigenvalue weighted by atomic mass is 16.5. The Hall–Kier alpha value is -3.60. The van der Waals surface area contributed by atoms with Gasteiger partial charge in [-0.3, -0.25) is 9.78 Å². The van der Waals surface area contributed by atoms with Gasteiger partial charge < -0.3 is 14.4 Å². The fourth-order valence-electron chi connectivity index (χ4n) is 3.25. The Morgan fingerprint density at radius 1 is 0.833 bits per heavy atom. The first-order valence-electron chi connectivity index (χ1n) is 9.77. The summed E-state index contributed by atoms with van der Waals surface area (Å²) in [7, 11) is 3.27. The van der Waals surface area contributed by atoms with E-state index in [4.69, 9.17) is 9.47 Å². The quantitative estimate of drug-likeness (QED) is 0.524. The molecule has 0 fully saturated rings. The third-order valence-corrected chi connectivity index (χ3v) is 4.76. The van der Waals surface area contributed by atoms with Gasteiger partial charge in [0.25, 0.3) is 5.91 Å². The van der Waals surface area contributed by atoms with Crippen LogP contribution in [0, 0.1) is 0 Å². The second kappa shape index (κ2) is 9.74. The minimum absolute atomic E-state index is 0.0101. The molecule has 0 aliphatic rings. The van der Waals surface area contributed by atoms with E-state index < -0.39 is 0 Å². The molecule has 5 nitrogen and oxygen atoms in total. The largest absolute Gasteiger partial charge is 0.497 e. The Kier molecular flexibility index (Phi) is 6.86. The van der Waals surface area contributed by atoms with Crippen LogP contribution in [-0.4, -0.2) is 31.2 Å². The zero-order valence-corrected chi connectivity index (χ0v) is 17.7. The van der Waals surface area contributed by atoms with Gasteiger partial charge >= 0.3 is 0 Å². The second-order valence-corrected chi connectivity index (χ2v) is 7.02. The molecule has 1 amide bonds. The van der Waals surface area contributed by atoms with Crippen molar-refractivity contribution in [3.05, 3.63) is 90.3 Å². The van der Waals surface area contributed by atoms with Crippen LogP contribution >= 0.6 is 0 Å². The van der Waals surface area contributed by atoms with Crippen LogP contribution < -0.4 is 14.4 Å². The van der Waals surface area contributed by atoms with Crippen LogP contribution in [0.15, 0.2) is 79.1 Å². The summed E-state index contributed by atoms with van der Waals surface area (Å²) in [5.41, 5.74) is 3.48.